The highest BCUT2D eigenvalue weighted by molar-refractivity contribution is 5.64. The molecule has 0 fully saturated rings. The fraction of sp³-hybridized carbons (Fsp3) is 0.417. The van der Waals surface area contributed by atoms with Crippen LogP contribution in [0.25, 0.3) is 0 Å². The zero-order chi connectivity index (χ0) is 12.1. The van der Waals surface area contributed by atoms with Crippen LogP contribution in [-0.2, 0) is 12.8 Å². The number of aryl methyl sites for hydroxylation is 1. The Hall–Kier alpha value is -1.71. The van der Waals surface area contributed by atoms with Crippen molar-refractivity contribution in [2.45, 2.75) is 33.1 Å². The fourth-order valence-corrected chi connectivity index (χ4v) is 1.73. The van der Waals surface area contributed by atoms with Crippen molar-refractivity contribution in [3.05, 3.63) is 23.3 Å². The molecule has 16 heavy (non-hydrogen) atoms. The third kappa shape index (κ3) is 2.66. The molecule has 0 radical (unpaired) electrons. The molecular weight excluding hydrogens is 208 g/mol. The van der Waals surface area contributed by atoms with Crippen LogP contribution in [0.15, 0.2) is 12.1 Å². The van der Waals surface area contributed by atoms with Crippen molar-refractivity contribution >= 4 is 6.16 Å². The van der Waals surface area contributed by atoms with Gasteiger partial charge in [-0.3, -0.25) is 0 Å². The summed E-state index contributed by atoms with van der Waals surface area (Å²) in [6.07, 6.45) is 1.08. The number of hydrogen-bond acceptors (Lipinski definition) is 3. The first-order valence-corrected chi connectivity index (χ1v) is 5.34. The first-order valence-electron chi connectivity index (χ1n) is 5.34. The average Bonchev–Trinajstić information content (AvgIpc) is 2.22. The predicted molar refractivity (Wildman–Crippen MR) is 60.1 cm³/mol. The SMILES string of the molecule is CCCc1ccc(OC(=O)O)c(O)c1CC. The van der Waals surface area contributed by atoms with Gasteiger partial charge in [0.25, 0.3) is 0 Å². The average molecular weight is 224 g/mol. The topological polar surface area (TPSA) is 66.8 Å². The van der Waals surface area contributed by atoms with Crippen LogP contribution in [0.1, 0.15) is 31.4 Å². The summed E-state index contributed by atoms with van der Waals surface area (Å²) in [6, 6.07) is 3.30. The van der Waals surface area contributed by atoms with Crippen LogP contribution in [0.3, 0.4) is 0 Å². The highest BCUT2D eigenvalue weighted by Crippen LogP contribution is 2.33. The largest absolute Gasteiger partial charge is 0.511 e. The van der Waals surface area contributed by atoms with Crippen LogP contribution < -0.4 is 4.74 Å². The molecule has 1 rings (SSSR count). The summed E-state index contributed by atoms with van der Waals surface area (Å²) >= 11 is 0. The quantitative estimate of drug-likeness (QED) is 0.609. The van der Waals surface area contributed by atoms with E-state index >= 15 is 0 Å². The molecule has 0 bridgehead atoms. The summed E-state index contributed by atoms with van der Waals surface area (Å²) < 4.78 is 4.49. The number of hydrogen-bond donors (Lipinski definition) is 2. The zero-order valence-corrected chi connectivity index (χ0v) is 9.49. The number of aromatic hydroxyl groups is 1. The number of benzene rings is 1. The van der Waals surface area contributed by atoms with Crippen LogP contribution in [-0.4, -0.2) is 16.4 Å². The van der Waals surface area contributed by atoms with Crippen molar-refractivity contribution in [3.8, 4) is 11.5 Å². The number of phenolic OH excluding ortho intramolecular Hbond substituents is 1. The first kappa shape index (κ1) is 12.4. The lowest BCUT2D eigenvalue weighted by molar-refractivity contribution is 0.143. The van der Waals surface area contributed by atoms with Gasteiger partial charge in [0, 0.05) is 5.56 Å². The van der Waals surface area contributed by atoms with Gasteiger partial charge in [-0.15, -0.1) is 0 Å². The van der Waals surface area contributed by atoms with E-state index in [1.165, 1.54) is 6.07 Å². The summed E-state index contributed by atoms with van der Waals surface area (Å²) in [5.74, 6) is -0.0555. The Morgan fingerprint density at radius 2 is 2.06 bits per heavy atom. The molecule has 0 aliphatic carbocycles. The van der Waals surface area contributed by atoms with Crippen LogP contribution in [0.4, 0.5) is 4.79 Å². The smallest absolute Gasteiger partial charge is 0.504 e. The Bertz CT molecular complexity index is 385. The number of phenols is 1. The molecule has 0 unspecified atom stereocenters. The molecular formula is C12H16O4. The van der Waals surface area contributed by atoms with E-state index in [9.17, 15) is 9.90 Å². The van der Waals surface area contributed by atoms with E-state index in [1.807, 2.05) is 6.92 Å². The van der Waals surface area contributed by atoms with Crippen molar-refractivity contribution < 1.29 is 19.7 Å². The summed E-state index contributed by atoms with van der Waals surface area (Å²) in [4.78, 5) is 10.4. The molecule has 0 spiro atoms. The van der Waals surface area contributed by atoms with Crippen molar-refractivity contribution in [3.63, 3.8) is 0 Å². The van der Waals surface area contributed by atoms with Crippen LogP contribution in [0.5, 0.6) is 11.5 Å². The Labute approximate surface area is 94.5 Å². The van der Waals surface area contributed by atoms with Gasteiger partial charge in [-0.25, -0.2) is 4.79 Å². The summed E-state index contributed by atoms with van der Waals surface area (Å²) in [5, 5.41) is 18.4. The first-order chi connectivity index (χ1) is 7.60. The molecule has 4 heteroatoms. The van der Waals surface area contributed by atoms with Crippen LogP contribution >= 0.6 is 0 Å². The molecule has 0 aliphatic heterocycles. The molecule has 1 aromatic rings. The third-order valence-electron chi connectivity index (χ3n) is 2.41. The van der Waals surface area contributed by atoms with Gasteiger partial charge in [0.05, 0.1) is 0 Å². The Morgan fingerprint density at radius 1 is 1.38 bits per heavy atom. The Morgan fingerprint density at radius 3 is 2.56 bits per heavy atom. The van der Waals surface area contributed by atoms with Crippen molar-refractivity contribution in [1.82, 2.24) is 0 Å². The van der Waals surface area contributed by atoms with Gasteiger partial charge in [0.2, 0.25) is 0 Å². The second-order valence-electron chi connectivity index (χ2n) is 3.52. The molecule has 0 amide bonds. The van der Waals surface area contributed by atoms with Gasteiger partial charge < -0.3 is 14.9 Å². The predicted octanol–water partition coefficient (Wildman–Crippen LogP) is 2.96. The Balaban J connectivity index is 3.12. The maximum Gasteiger partial charge on any atom is 0.511 e. The maximum atomic E-state index is 10.4. The number of rotatable bonds is 4. The molecule has 2 N–H and O–H groups in total. The lowest BCUT2D eigenvalue weighted by Gasteiger charge is -2.12. The van der Waals surface area contributed by atoms with Gasteiger partial charge >= 0.3 is 6.16 Å². The van der Waals surface area contributed by atoms with Gasteiger partial charge in [-0.2, -0.15) is 0 Å². The fourth-order valence-electron chi connectivity index (χ4n) is 1.73. The maximum absolute atomic E-state index is 10.4. The third-order valence-corrected chi connectivity index (χ3v) is 2.41. The molecule has 4 nitrogen and oxygen atoms in total. The van der Waals surface area contributed by atoms with Crippen LogP contribution in [0.2, 0.25) is 0 Å². The molecule has 0 aliphatic rings. The Kier molecular flexibility index (Phi) is 4.17. The monoisotopic (exact) mass is 224 g/mol. The highest BCUT2D eigenvalue weighted by Gasteiger charge is 2.13. The van der Waals surface area contributed by atoms with Crippen LogP contribution in [0, 0.1) is 0 Å². The van der Waals surface area contributed by atoms with E-state index in [1.54, 1.807) is 6.07 Å². The highest BCUT2D eigenvalue weighted by atomic mass is 16.7. The molecule has 0 aromatic heterocycles. The molecule has 88 valence electrons. The molecule has 0 saturated carbocycles. The van der Waals surface area contributed by atoms with E-state index in [0.717, 1.165) is 24.0 Å². The minimum Gasteiger partial charge on any atom is -0.504 e. The lowest BCUT2D eigenvalue weighted by Crippen LogP contribution is -2.04. The number of carboxylic acid groups (broad SMARTS) is 1. The van der Waals surface area contributed by atoms with E-state index in [2.05, 4.69) is 11.7 Å². The molecule has 0 heterocycles. The second-order valence-corrected chi connectivity index (χ2v) is 3.52. The summed E-state index contributed by atoms with van der Waals surface area (Å²) in [7, 11) is 0. The second kappa shape index (κ2) is 5.39. The number of carbonyl (C=O) groups is 1. The normalized spacial score (nSPS) is 10.1. The van der Waals surface area contributed by atoms with Gasteiger partial charge in [0.1, 0.15) is 0 Å². The van der Waals surface area contributed by atoms with Gasteiger partial charge in [-0.1, -0.05) is 26.3 Å². The minimum absolute atomic E-state index is 0.00389. The van der Waals surface area contributed by atoms with E-state index in [-0.39, 0.29) is 11.5 Å². The lowest BCUT2D eigenvalue weighted by atomic mass is 10.00. The standard InChI is InChI=1S/C12H16O4/c1-3-5-8-6-7-10(16-12(14)15)11(13)9(8)4-2/h6-7,13H,3-5H2,1-2H3,(H,14,15). The minimum atomic E-state index is -1.42. The zero-order valence-electron chi connectivity index (χ0n) is 9.49. The van der Waals surface area contributed by atoms with Gasteiger partial charge in [0.15, 0.2) is 11.5 Å². The van der Waals surface area contributed by atoms with E-state index in [4.69, 9.17) is 5.11 Å². The molecule has 1 aromatic carbocycles. The van der Waals surface area contributed by atoms with Crippen molar-refractivity contribution in [2.24, 2.45) is 0 Å². The van der Waals surface area contributed by atoms with E-state index in [0.29, 0.717) is 6.42 Å². The van der Waals surface area contributed by atoms with Gasteiger partial charge in [-0.05, 0) is 24.5 Å². The van der Waals surface area contributed by atoms with E-state index < -0.39 is 6.16 Å². The van der Waals surface area contributed by atoms with Crippen molar-refractivity contribution in [2.75, 3.05) is 0 Å². The molecule has 0 atom stereocenters. The molecule has 0 saturated heterocycles. The van der Waals surface area contributed by atoms with Crippen molar-refractivity contribution in [1.29, 1.82) is 0 Å². The summed E-state index contributed by atoms with van der Waals surface area (Å²) in [6.45, 7) is 3.97. The summed E-state index contributed by atoms with van der Waals surface area (Å²) in [5.41, 5.74) is 1.81. The number of ether oxygens (including phenoxy) is 1.